The van der Waals surface area contributed by atoms with Crippen LogP contribution in [0.5, 0.6) is 0 Å². The van der Waals surface area contributed by atoms with Crippen molar-refractivity contribution < 1.29 is 9.32 Å². The maximum atomic E-state index is 12.5. The molecule has 0 aliphatic heterocycles. The van der Waals surface area contributed by atoms with E-state index in [-0.39, 0.29) is 17.7 Å². The van der Waals surface area contributed by atoms with Gasteiger partial charge in [-0.3, -0.25) is 4.79 Å². The average molecular weight is 374 g/mol. The molecule has 3 aromatic rings. The second-order valence-electron chi connectivity index (χ2n) is 6.21. The molecule has 1 aliphatic carbocycles. The molecule has 1 aliphatic rings. The van der Waals surface area contributed by atoms with E-state index in [4.69, 9.17) is 4.52 Å². The largest absolute Gasteiger partial charge is 0.348 e. The van der Waals surface area contributed by atoms with E-state index in [1.54, 1.807) is 29.7 Å². The topological polar surface area (TPSA) is 80.9 Å². The van der Waals surface area contributed by atoms with Crippen molar-refractivity contribution in [1.82, 2.24) is 20.4 Å². The van der Waals surface area contributed by atoms with Gasteiger partial charge in [-0.05, 0) is 44.7 Å². The molecule has 8 heteroatoms. The van der Waals surface area contributed by atoms with Crippen molar-refractivity contribution in [3.63, 3.8) is 0 Å². The number of nitrogens with zero attached hydrogens (tertiary/aromatic N) is 3. The number of carbonyl (C=O) groups excluding carboxylic acids is 1. The molecule has 0 bridgehead atoms. The van der Waals surface area contributed by atoms with Crippen molar-refractivity contribution in [1.29, 1.82) is 0 Å². The number of aryl methyl sites for hydroxylation is 1. The monoisotopic (exact) mass is 374 g/mol. The number of fused-ring (bicyclic) bond motifs is 1. The highest BCUT2D eigenvalue weighted by Crippen LogP contribution is 2.35. The summed E-state index contributed by atoms with van der Waals surface area (Å²) < 4.78 is 6.33. The van der Waals surface area contributed by atoms with E-state index in [2.05, 4.69) is 25.8 Å². The first kappa shape index (κ1) is 16.5. The normalized spacial score (nSPS) is 20.7. The molecule has 0 radical (unpaired) electrons. The fourth-order valence-electron chi connectivity index (χ4n) is 3.05. The Bertz CT molecular complexity index is 884. The van der Waals surface area contributed by atoms with Gasteiger partial charge >= 0.3 is 0 Å². The predicted octanol–water partition coefficient (Wildman–Crippen LogP) is 3.82. The summed E-state index contributed by atoms with van der Waals surface area (Å²) in [6, 6.07) is 3.76. The number of hydrogen-bond donors (Lipinski definition) is 1. The van der Waals surface area contributed by atoms with Crippen molar-refractivity contribution in [3.8, 4) is 0 Å². The average Bonchev–Trinajstić information content (AvgIpc) is 3.23. The van der Waals surface area contributed by atoms with Crippen LogP contribution in [0, 0.1) is 6.92 Å². The van der Waals surface area contributed by atoms with Crippen LogP contribution < -0.4 is 5.32 Å². The summed E-state index contributed by atoms with van der Waals surface area (Å²) in [5.74, 6) is 0.0417. The molecule has 1 fully saturated rings. The molecule has 0 aromatic carbocycles. The number of aromatic nitrogens is 3. The van der Waals surface area contributed by atoms with Crippen molar-refractivity contribution in [2.45, 2.75) is 48.2 Å². The minimum Gasteiger partial charge on any atom is -0.348 e. The summed E-state index contributed by atoms with van der Waals surface area (Å²) in [7, 11) is 0. The van der Waals surface area contributed by atoms with Crippen LogP contribution in [0.25, 0.3) is 11.0 Å². The summed E-state index contributed by atoms with van der Waals surface area (Å²) in [4.78, 5) is 21.1. The van der Waals surface area contributed by atoms with E-state index in [0.717, 1.165) is 35.7 Å². The standard InChI is InChI=1S/C17H18N4O2S2/c1-10-9-24-17(19-10)25-12-6-4-11(5-7-12)20-16(22)14-13-3-2-8-18-15(13)21-23-14/h2-3,8-9,11-12H,4-7H2,1H3,(H,20,22). The summed E-state index contributed by atoms with van der Waals surface area (Å²) >= 11 is 3.57. The first-order valence-electron chi connectivity index (χ1n) is 8.29. The molecule has 1 amide bonds. The molecular formula is C17H18N4O2S2. The summed E-state index contributed by atoms with van der Waals surface area (Å²) in [5, 5.41) is 10.2. The SMILES string of the molecule is Cc1csc(SC2CCC(NC(=O)c3onc4ncccc34)CC2)n1. The molecule has 130 valence electrons. The zero-order valence-corrected chi connectivity index (χ0v) is 15.4. The zero-order valence-electron chi connectivity index (χ0n) is 13.8. The van der Waals surface area contributed by atoms with Crippen LogP contribution in [0.1, 0.15) is 41.9 Å². The molecule has 3 aromatic heterocycles. The van der Waals surface area contributed by atoms with Crippen molar-refractivity contribution in [3.05, 3.63) is 35.2 Å². The zero-order chi connectivity index (χ0) is 17.2. The van der Waals surface area contributed by atoms with Crippen molar-refractivity contribution >= 4 is 40.0 Å². The van der Waals surface area contributed by atoms with E-state index >= 15 is 0 Å². The van der Waals surface area contributed by atoms with Crippen LogP contribution in [0.4, 0.5) is 0 Å². The van der Waals surface area contributed by atoms with Crippen LogP contribution in [0.15, 0.2) is 32.6 Å². The number of carbonyl (C=O) groups is 1. The molecule has 25 heavy (non-hydrogen) atoms. The minimum absolute atomic E-state index is 0.180. The second kappa shape index (κ2) is 7.13. The van der Waals surface area contributed by atoms with Gasteiger partial charge in [0.05, 0.1) is 5.39 Å². The molecule has 1 N–H and O–H groups in total. The minimum atomic E-state index is -0.206. The van der Waals surface area contributed by atoms with E-state index < -0.39 is 0 Å². The third-order valence-corrected chi connectivity index (χ3v) is 6.76. The Morgan fingerprint density at radius 2 is 2.20 bits per heavy atom. The lowest BCUT2D eigenvalue weighted by Gasteiger charge is -2.27. The maximum Gasteiger partial charge on any atom is 0.290 e. The lowest BCUT2D eigenvalue weighted by atomic mass is 9.95. The molecule has 3 heterocycles. The third kappa shape index (κ3) is 3.69. The number of pyridine rings is 1. The fraction of sp³-hybridized carbons (Fsp3) is 0.412. The summed E-state index contributed by atoms with van der Waals surface area (Å²) in [5.41, 5.74) is 1.55. The summed E-state index contributed by atoms with van der Waals surface area (Å²) in [6.45, 7) is 2.02. The smallest absolute Gasteiger partial charge is 0.290 e. The molecule has 6 nitrogen and oxygen atoms in total. The Labute approximate surface area is 153 Å². The Balaban J connectivity index is 1.33. The highest BCUT2D eigenvalue weighted by atomic mass is 32.2. The number of nitrogens with one attached hydrogen (secondary N) is 1. The van der Waals surface area contributed by atoms with Crippen molar-refractivity contribution in [2.24, 2.45) is 0 Å². The molecule has 0 spiro atoms. The van der Waals surface area contributed by atoms with Crippen LogP contribution in [0.2, 0.25) is 0 Å². The van der Waals surface area contributed by atoms with Crippen LogP contribution >= 0.6 is 23.1 Å². The van der Waals surface area contributed by atoms with E-state index in [9.17, 15) is 4.79 Å². The Hall–Kier alpha value is -1.93. The molecule has 0 saturated heterocycles. The molecule has 4 rings (SSSR count). The van der Waals surface area contributed by atoms with Gasteiger partial charge in [-0.1, -0.05) is 16.9 Å². The van der Waals surface area contributed by atoms with Gasteiger partial charge in [0.15, 0.2) is 0 Å². The Morgan fingerprint density at radius 3 is 2.96 bits per heavy atom. The van der Waals surface area contributed by atoms with Gasteiger partial charge in [-0.25, -0.2) is 9.97 Å². The number of rotatable bonds is 4. The van der Waals surface area contributed by atoms with Crippen LogP contribution in [-0.2, 0) is 0 Å². The lowest BCUT2D eigenvalue weighted by molar-refractivity contribution is 0.0893. The van der Waals surface area contributed by atoms with E-state index in [0.29, 0.717) is 16.3 Å². The number of thioether (sulfide) groups is 1. The molecule has 0 unspecified atom stereocenters. The van der Waals surface area contributed by atoms with Gasteiger partial charge in [-0.2, -0.15) is 0 Å². The second-order valence-corrected chi connectivity index (χ2v) is 8.61. The van der Waals surface area contributed by atoms with Gasteiger partial charge in [0.2, 0.25) is 11.4 Å². The quantitative estimate of drug-likeness (QED) is 0.748. The van der Waals surface area contributed by atoms with Gasteiger partial charge in [0, 0.05) is 28.6 Å². The van der Waals surface area contributed by atoms with Gasteiger partial charge in [0.25, 0.3) is 5.91 Å². The summed E-state index contributed by atoms with van der Waals surface area (Å²) in [6.07, 6.45) is 5.73. The van der Waals surface area contributed by atoms with Crippen LogP contribution in [-0.4, -0.2) is 32.3 Å². The van der Waals surface area contributed by atoms with Crippen molar-refractivity contribution in [2.75, 3.05) is 0 Å². The first-order valence-corrected chi connectivity index (χ1v) is 10.0. The van der Waals surface area contributed by atoms with Gasteiger partial charge in [-0.15, -0.1) is 11.3 Å². The number of hydrogen-bond acceptors (Lipinski definition) is 7. The Kier molecular flexibility index (Phi) is 4.72. The molecular weight excluding hydrogens is 356 g/mol. The van der Waals surface area contributed by atoms with E-state index in [1.807, 2.05) is 18.7 Å². The maximum absolute atomic E-state index is 12.5. The van der Waals surface area contributed by atoms with E-state index in [1.165, 1.54) is 0 Å². The first-order chi connectivity index (χ1) is 12.2. The van der Waals surface area contributed by atoms with Gasteiger partial charge in [0.1, 0.15) is 4.34 Å². The Morgan fingerprint density at radius 1 is 1.36 bits per heavy atom. The fourth-order valence-corrected chi connectivity index (χ4v) is 5.34. The van der Waals surface area contributed by atoms with Crippen LogP contribution in [0.3, 0.4) is 0 Å². The number of amides is 1. The highest BCUT2D eigenvalue weighted by molar-refractivity contribution is 8.01. The highest BCUT2D eigenvalue weighted by Gasteiger charge is 2.26. The van der Waals surface area contributed by atoms with Gasteiger partial charge < -0.3 is 9.84 Å². The predicted molar refractivity (Wildman–Crippen MR) is 98.0 cm³/mol. The third-order valence-electron chi connectivity index (χ3n) is 4.34. The number of thiazole rings is 1. The molecule has 1 saturated carbocycles. The lowest BCUT2D eigenvalue weighted by Crippen LogP contribution is -2.38. The molecule has 0 atom stereocenters.